The van der Waals surface area contributed by atoms with Crippen LogP contribution in [0.25, 0.3) is 0 Å². The van der Waals surface area contributed by atoms with Crippen LogP contribution in [0.3, 0.4) is 0 Å². The number of hydrogen-bond donors (Lipinski definition) is 1. The van der Waals surface area contributed by atoms with Crippen molar-refractivity contribution in [1.29, 1.82) is 0 Å². The highest BCUT2D eigenvalue weighted by molar-refractivity contribution is 6.04. The number of carbonyl (C=O) groups excluding carboxylic acids is 2. The summed E-state index contributed by atoms with van der Waals surface area (Å²) in [5.41, 5.74) is 2.97. The van der Waals surface area contributed by atoms with E-state index in [0.717, 1.165) is 37.1 Å². The van der Waals surface area contributed by atoms with Crippen molar-refractivity contribution in [1.82, 2.24) is 10.2 Å². The molecule has 3 amide bonds. The molecule has 5 rings (SSSR count). The summed E-state index contributed by atoms with van der Waals surface area (Å²) in [6.07, 6.45) is 4.35. The Labute approximate surface area is 165 Å². The van der Waals surface area contributed by atoms with Gasteiger partial charge in [0.05, 0.1) is 5.69 Å². The second-order valence-corrected chi connectivity index (χ2v) is 8.25. The van der Waals surface area contributed by atoms with Crippen molar-refractivity contribution < 1.29 is 9.59 Å². The van der Waals surface area contributed by atoms with Gasteiger partial charge in [-0.1, -0.05) is 36.4 Å². The van der Waals surface area contributed by atoms with Crippen LogP contribution in [0.2, 0.25) is 0 Å². The first-order valence-electron chi connectivity index (χ1n) is 10.2. The third-order valence-corrected chi connectivity index (χ3v) is 6.38. The second kappa shape index (κ2) is 6.66. The molecule has 2 aliphatic heterocycles. The maximum Gasteiger partial charge on any atom is 0.317 e. The minimum Gasteiger partial charge on any atom is -0.335 e. The monoisotopic (exact) mass is 375 g/mol. The zero-order valence-corrected chi connectivity index (χ0v) is 15.9. The van der Waals surface area contributed by atoms with Crippen LogP contribution in [-0.2, 0) is 10.2 Å². The molecule has 2 heterocycles. The number of hydrogen-bond acceptors (Lipinski definition) is 2. The van der Waals surface area contributed by atoms with Crippen LogP contribution >= 0.6 is 0 Å². The minimum atomic E-state index is -0.171. The molecule has 1 aliphatic carbocycles. The Balaban J connectivity index is 1.43. The van der Waals surface area contributed by atoms with Crippen LogP contribution in [0.1, 0.15) is 37.7 Å². The molecule has 28 heavy (non-hydrogen) atoms. The molecule has 144 valence electrons. The number of anilines is 2. The molecule has 0 aromatic heterocycles. The average molecular weight is 375 g/mol. The van der Waals surface area contributed by atoms with Gasteiger partial charge >= 0.3 is 6.03 Å². The number of para-hydroxylation sites is 2. The predicted octanol–water partition coefficient (Wildman–Crippen LogP) is 3.96. The van der Waals surface area contributed by atoms with Crippen LogP contribution in [0.4, 0.5) is 16.2 Å². The summed E-state index contributed by atoms with van der Waals surface area (Å²) in [7, 11) is 0. The number of piperidine rings is 1. The van der Waals surface area contributed by atoms with Crippen LogP contribution in [0.15, 0.2) is 54.6 Å². The van der Waals surface area contributed by atoms with Crippen LogP contribution in [0.5, 0.6) is 0 Å². The van der Waals surface area contributed by atoms with E-state index < -0.39 is 0 Å². The standard InChI is InChI=1S/C23H25N3O2/c27-21-16-23(12-14-25(15-13-23)22(28)24-17-10-11-17)19-8-4-5-9-20(19)26(21)18-6-2-1-3-7-18/h1-9,17H,10-16H2,(H,24,28). The molecule has 2 aromatic rings. The zero-order chi connectivity index (χ0) is 19.1. The third-order valence-electron chi connectivity index (χ3n) is 6.38. The number of fused-ring (bicyclic) bond motifs is 2. The molecule has 1 N–H and O–H groups in total. The third kappa shape index (κ3) is 2.95. The molecule has 2 fully saturated rings. The molecule has 1 saturated heterocycles. The van der Waals surface area contributed by atoms with Gasteiger partial charge in [0.25, 0.3) is 0 Å². The lowest BCUT2D eigenvalue weighted by molar-refractivity contribution is -0.120. The molecule has 2 aromatic carbocycles. The fraction of sp³-hybridized carbons (Fsp3) is 0.391. The average Bonchev–Trinajstić information content (AvgIpc) is 3.53. The Kier molecular flexibility index (Phi) is 4.11. The van der Waals surface area contributed by atoms with E-state index in [1.807, 2.05) is 52.3 Å². The van der Waals surface area contributed by atoms with E-state index in [-0.39, 0.29) is 17.4 Å². The summed E-state index contributed by atoms with van der Waals surface area (Å²) in [5, 5.41) is 3.08. The van der Waals surface area contributed by atoms with Crippen molar-refractivity contribution in [3.8, 4) is 0 Å². The summed E-state index contributed by atoms with van der Waals surface area (Å²) < 4.78 is 0. The number of amides is 3. The Morgan fingerprint density at radius 3 is 2.36 bits per heavy atom. The number of carbonyl (C=O) groups is 2. The maximum atomic E-state index is 13.2. The molecule has 0 atom stereocenters. The normalized spacial score (nSPS) is 20.8. The molecule has 1 spiro atoms. The van der Waals surface area contributed by atoms with Crippen molar-refractivity contribution in [2.75, 3.05) is 18.0 Å². The lowest BCUT2D eigenvalue weighted by atomic mass is 9.67. The Bertz CT molecular complexity index is 899. The van der Waals surface area contributed by atoms with E-state index in [1.165, 1.54) is 5.56 Å². The van der Waals surface area contributed by atoms with Gasteiger partial charge < -0.3 is 10.2 Å². The lowest BCUT2D eigenvalue weighted by Crippen LogP contribution is -2.52. The fourth-order valence-electron chi connectivity index (χ4n) is 4.65. The highest BCUT2D eigenvalue weighted by atomic mass is 16.2. The number of rotatable bonds is 2. The van der Waals surface area contributed by atoms with E-state index >= 15 is 0 Å². The van der Waals surface area contributed by atoms with Crippen LogP contribution < -0.4 is 10.2 Å². The Morgan fingerprint density at radius 2 is 1.64 bits per heavy atom. The number of likely N-dealkylation sites (tertiary alicyclic amines) is 1. The molecular formula is C23H25N3O2. The van der Waals surface area contributed by atoms with Gasteiger partial charge in [0.15, 0.2) is 0 Å². The number of nitrogens with zero attached hydrogens (tertiary/aromatic N) is 2. The van der Waals surface area contributed by atoms with Crippen molar-refractivity contribution in [3.63, 3.8) is 0 Å². The van der Waals surface area contributed by atoms with Crippen molar-refractivity contribution in [3.05, 3.63) is 60.2 Å². The molecule has 5 nitrogen and oxygen atoms in total. The summed E-state index contributed by atoms with van der Waals surface area (Å²) in [6.45, 7) is 1.40. The summed E-state index contributed by atoms with van der Waals surface area (Å²) >= 11 is 0. The van der Waals surface area contributed by atoms with E-state index in [4.69, 9.17) is 0 Å². The first kappa shape index (κ1) is 17.3. The van der Waals surface area contributed by atoms with E-state index in [0.29, 0.717) is 25.6 Å². The van der Waals surface area contributed by atoms with E-state index in [1.54, 1.807) is 0 Å². The lowest BCUT2D eigenvalue weighted by Gasteiger charge is -2.47. The highest BCUT2D eigenvalue weighted by Gasteiger charge is 2.46. The molecule has 0 unspecified atom stereocenters. The van der Waals surface area contributed by atoms with E-state index in [2.05, 4.69) is 17.4 Å². The first-order chi connectivity index (χ1) is 13.7. The minimum absolute atomic E-state index is 0.0543. The summed E-state index contributed by atoms with van der Waals surface area (Å²) in [6, 6.07) is 18.6. The van der Waals surface area contributed by atoms with Crippen molar-refractivity contribution in [2.45, 2.75) is 43.6 Å². The molecular weight excluding hydrogens is 350 g/mol. The first-order valence-corrected chi connectivity index (χ1v) is 10.2. The molecule has 3 aliphatic rings. The predicted molar refractivity (Wildman–Crippen MR) is 109 cm³/mol. The van der Waals surface area contributed by atoms with Gasteiger partial charge in [-0.2, -0.15) is 0 Å². The molecule has 1 saturated carbocycles. The number of urea groups is 1. The Morgan fingerprint density at radius 1 is 0.964 bits per heavy atom. The van der Waals surface area contributed by atoms with Gasteiger partial charge in [-0.05, 0) is 49.4 Å². The quantitative estimate of drug-likeness (QED) is 0.864. The summed E-state index contributed by atoms with van der Waals surface area (Å²) in [4.78, 5) is 29.4. The van der Waals surface area contributed by atoms with Gasteiger partial charge in [-0.25, -0.2) is 4.79 Å². The smallest absolute Gasteiger partial charge is 0.317 e. The van der Waals surface area contributed by atoms with Gasteiger partial charge in [0.2, 0.25) is 5.91 Å². The largest absolute Gasteiger partial charge is 0.335 e. The van der Waals surface area contributed by atoms with Gasteiger partial charge in [-0.3, -0.25) is 9.69 Å². The molecule has 0 radical (unpaired) electrons. The SMILES string of the molecule is O=C(NC1CC1)N1CCC2(CC1)CC(=O)N(c1ccccc1)c1ccccc12. The number of nitrogens with one attached hydrogen (secondary N) is 1. The van der Waals surface area contributed by atoms with Gasteiger partial charge in [-0.15, -0.1) is 0 Å². The van der Waals surface area contributed by atoms with E-state index in [9.17, 15) is 9.59 Å². The highest BCUT2D eigenvalue weighted by Crippen LogP contribution is 2.48. The number of benzene rings is 2. The van der Waals surface area contributed by atoms with Crippen molar-refractivity contribution >= 4 is 23.3 Å². The zero-order valence-electron chi connectivity index (χ0n) is 15.9. The topological polar surface area (TPSA) is 52.7 Å². The molecule has 0 bridgehead atoms. The Hall–Kier alpha value is -2.82. The summed E-state index contributed by atoms with van der Waals surface area (Å²) in [5.74, 6) is 0.140. The second-order valence-electron chi connectivity index (χ2n) is 8.25. The van der Waals surface area contributed by atoms with Gasteiger partial charge in [0.1, 0.15) is 0 Å². The van der Waals surface area contributed by atoms with Crippen LogP contribution in [-0.4, -0.2) is 36.0 Å². The maximum absolute atomic E-state index is 13.2. The van der Waals surface area contributed by atoms with Gasteiger partial charge in [0, 0.05) is 36.7 Å². The van der Waals surface area contributed by atoms with Crippen LogP contribution in [0, 0.1) is 0 Å². The molecule has 5 heteroatoms. The fourth-order valence-corrected chi connectivity index (χ4v) is 4.65. The van der Waals surface area contributed by atoms with Crippen molar-refractivity contribution in [2.24, 2.45) is 0 Å².